The van der Waals surface area contributed by atoms with Gasteiger partial charge in [0.05, 0.1) is 12.7 Å². The van der Waals surface area contributed by atoms with Crippen LogP contribution in [-0.2, 0) is 30.4 Å². The van der Waals surface area contributed by atoms with Gasteiger partial charge in [0.25, 0.3) is 0 Å². The maximum absolute atomic E-state index is 11.0. The second-order valence-corrected chi connectivity index (χ2v) is 6.62. The average Bonchev–Trinajstić information content (AvgIpc) is 2.84. The molecule has 7 heteroatoms. The van der Waals surface area contributed by atoms with Crippen molar-refractivity contribution in [3.8, 4) is 0 Å². The van der Waals surface area contributed by atoms with Gasteiger partial charge in [-0.25, -0.2) is 5.14 Å². The van der Waals surface area contributed by atoms with Gasteiger partial charge >= 0.3 is 10.3 Å². The van der Waals surface area contributed by atoms with Gasteiger partial charge in [-0.3, -0.25) is 4.18 Å². The van der Waals surface area contributed by atoms with E-state index >= 15 is 0 Å². The van der Waals surface area contributed by atoms with Crippen molar-refractivity contribution in [2.45, 2.75) is 51.1 Å². The molecule has 1 heterocycles. The molecule has 0 unspecified atom stereocenters. The van der Waals surface area contributed by atoms with Gasteiger partial charge in [0.15, 0.2) is 5.79 Å². The Morgan fingerprint density at radius 2 is 1.73 bits per heavy atom. The van der Waals surface area contributed by atoms with Crippen LogP contribution in [0.15, 0.2) is 30.3 Å². The Morgan fingerprint density at radius 1 is 1.14 bits per heavy atom. The molecule has 0 saturated carbocycles. The minimum absolute atomic E-state index is 0.141. The first-order valence-corrected chi connectivity index (χ1v) is 8.91. The maximum Gasteiger partial charge on any atom is 0.333 e. The van der Waals surface area contributed by atoms with Crippen LogP contribution in [0.5, 0.6) is 0 Å². The van der Waals surface area contributed by atoms with Crippen molar-refractivity contribution in [3.63, 3.8) is 0 Å². The molecule has 2 rings (SSSR count). The molecule has 2 atom stereocenters. The van der Waals surface area contributed by atoms with Gasteiger partial charge < -0.3 is 9.47 Å². The fraction of sp³-hybridized carbons (Fsp3) is 0.600. The van der Waals surface area contributed by atoms with Crippen LogP contribution < -0.4 is 5.14 Å². The molecule has 22 heavy (non-hydrogen) atoms. The molecule has 2 N–H and O–H groups in total. The van der Waals surface area contributed by atoms with E-state index in [-0.39, 0.29) is 12.7 Å². The number of rotatable bonds is 7. The van der Waals surface area contributed by atoms with Crippen molar-refractivity contribution in [1.29, 1.82) is 0 Å². The molecule has 1 aromatic carbocycles. The topological polar surface area (TPSA) is 87.9 Å². The molecule has 0 aliphatic carbocycles. The summed E-state index contributed by atoms with van der Waals surface area (Å²) in [6, 6.07) is 9.85. The summed E-state index contributed by atoms with van der Waals surface area (Å²) in [6.45, 7) is 3.82. The predicted molar refractivity (Wildman–Crippen MR) is 82.3 cm³/mol. The summed E-state index contributed by atoms with van der Waals surface area (Å²) in [6.07, 6.45) is 1.24. The van der Waals surface area contributed by atoms with Gasteiger partial charge in [-0.2, -0.15) is 8.42 Å². The van der Waals surface area contributed by atoms with Crippen LogP contribution in [0.3, 0.4) is 0 Å². The first-order valence-electron chi connectivity index (χ1n) is 7.44. The number of ether oxygens (including phenoxy) is 2. The Labute approximate surface area is 131 Å². The van der Waals surface area contributed by atoms with Crippen LogP contribution in [0, 0.1) is 0 Å². The smallest absolute Gasteiger partial charge is 0.333 e. The average molecular weight is 329 g/mol. The fourth-order valence-corrected chi connectivity index (χ4v) is 2.96. The van der Waals surface area contributed by atoms with Gasteiger partial charge in [0.2, 0.25) is 0 Å². The normalized spacial score (nSPS) is 24.5. The van der Waals surface area contributed by atoms with Crippen molar-refractivity contribution < 1.29 is 22.1 Å². The van der Waals surface area contributed by atoms with Crippen molar-refractivity contribution in [2.75, 3.05) is 6.61 Å². The lowest BCUT2D eigenvalue weighted by molar-refractivity contribution is -0.180. The second kappa shape index (κ2) is 7.06. The molecule has 1 aliphatic rings. The van der Waals surface area contributed by atoms with E-state index in [0.29, 0.717) is 19.3 Å². The molecule has 1 aromatic rings. The van der Waals surface area contributed by atoms with Crippen molar-refractivity contribution in [3.05, 3.63) is 35.9 Å². The van der Waals surface area contributed by atoms with Crippen LogP contribution in [0.1, 0.15) is 32.3 Å². The molecular weight excluding hydrogens is 306 g/mol. The standard InChI is InChI=1S/C15H23NO5S/c1-3-15(4-2)20-13(10-12-8-6-5-7-9-12)14(21-15)11-19-22(16,17)18/h5-9,13-14H,3-4,10-11H2,1-2H3,(H2,16,17,18)/t13-,14-/m0/s1. The second-order valence-electron chi connectivity index (χ2n) is 5.40. The largest absolute Gasteiger partial charge is 0.344 e. The Hall–Kier alpha value is -0.990. The molecule has 124 valence electrons. The predicted octanol–water partition coefficient (Wildman–Crippen LogP) is 1.75. The summed E-state index contributed by atoms with van der Waals surface area (Å²) in [5, 5.41) is 4.90. The Balaban J connectivity index is 2.11. The van der Waals surface area contributed by atoms with Crippen LogP contribution in [0.4, 0.5) is 0 Å². The molecule has 0 bridgehead atoms. The summed E-state index contributed by atoms with van der Waals surface area (Å²) in [5.41, 5.74) is 1.10. The summed E-state index contributed by atoms with van der Waals surface area (Å²) < 4.78 is 38.8. The fourth-order valence-electron chi connectivity index (χ4n) is 2.64. The zero-order chi connectivity index (χ0) is 16.2. The first kappa shape index (κ1) is 17.4. The van der Waals surface area contributed by atoms with Gasteiger partial charge in [-0.05, 0) is 18.4 Å². The minimum atomic E-state index is -3.99. The summed E-state index contributed by atoms with van der Waals surface area (Å²) in [7, 11) is -3.99. The quantitative estimate of drug-likeness (QED) is 0.823. The molecule has 1 fully saturated rings. The van der Waals surface area contributed by atoms with Gasteiger partial charge in [-0.15, -0.1) is 0 Å². The third-order valence-electron chi connectivity index (χ3n) is 3.90. The number of benzene rings is 1. The van der Waals surface area contributed by atoms with E-state index in [1.54, 1.807) is 0 Å². The van der Waals surface area contributed by atoms with Crippen molar-refractivity contribution in [2.24, 2.45) is 5.14 Å². The van der Waals surface area contributed by atoms with E-state index < -0.39 is 22.2 Å². The lowest BCUT2D eigenvalue weighted by Gasteiger charge is -2.25. The number of nitrogens with two attached hydrogens (primary N) is 1. The van der Waals surface area contributed by atoms with Gasteiger partial charge in [0.1, 0.15) is 6.10 Å². The van der Waals surface area contributed by atoms with Crippen molar-refractivity contribution >= 4 is 10.3 Å². The SMILES string of the molecule is CCC1(CC)O[C@@H](COS(N)(=O)=O)[C@H](Cc2ccccc2)O1. The highest BCUT2D eigenvalue weighted by Gasteiger charge is 2.45. The number of hydrogen-bond acceptors (Lipinski definition) is 5. The van der Waals surface area contributed by atoms with E-state index in [1.165, 1.54) is 0 Å². The molecule has 6 nitrogen and oxygen atoms in total. The highest BCUT2D eigenvalue weighted by atomic mass is 32.2. The van der Waals surface area contributed by atoms with Crippen LogP contribution >= 0.6 is 0 Å². The van der Waals surface area contributed by atoms with Crippen LogP contribution in [0.2, 0.25) is 0 Å². The highest BCUT2D eigenvalue weighted by molar-refractivity contribution is 7.84. The van der Waals surface area contributed by atoms with Crippen LogP contribution in [0.25, 0.3) is 0 Å². The minimum Gasteiger partial charge on any atom is -0.344 e. The maximum atomic E-state index is 11.0. The Kier molecular flexibility index (Phi) is 5.57. The Morgan fingerprint density at radius 3 is 2.27 bits per heavy atom. The van der Waals surface area contributed by atoms with E-state index in [9.17, 15) is 8.42 Å². The zero-order valence-electron chi connectivity index (χ0n) is 12.9. The van der Waals surface area contributed by atoms with E-state index in [0.717, 1.165) is 5.56 Å². The third-order valence-corrected chi connectivity index (χ3v) is 4.37. The molecule has 1 aliphatic heterocycles. The molecule has 0 aromatic heterocycles. The van der Waals surface area contributed by atoms with Crippen LogP contribution in [-0.4, -0.2) is 33.0 Å². The molecule has 1 saturated heterocycles. The number of hydrogen-bond donors (Lipinski definition) is 1. The lowest BCUT2D eigenvalue weighted by Crippen LogP contribution is -2.32. The van der Waals surface area contributed by atoms with Crippen molar-refractivity contribution in [1.82, 2.24) is 0 Å². The molecule has 0 amide bonds. The summed E-state index contributed by atoms with van der Waals surface area (Å²) in [4.78, 5) is 0. The summed E-state index contributed by atoms with van der Waals surface area (Å²) >= 11 is 0. The highest BCUT2D eigenvalue weighted by Crippen LogP contribution is 2.36. The lowest BCUT2D eigenvalue weighted by atomic mass is 10.0. The first-order chi connectivity index (χ1) is 10.4. The van der Waals surface area contributed by atoms with E-state index in [2.05, 4.69) is 0 Å². The van der Waals surface area contributed by atoms with Gasteiger partial charge in [-0.1, -0.05) is 44.2 Å². The molecule has 0 radical (unpaired) electrons. The van der Waals surface area contributed by atoms with Gasteiger partial charge in [0, 0.05) is 6.42 Å². The van der Waals surface area contributed by atoms with E-state index in [4.69, 9.17) is 18.8 Å². The molecule has 0 spiro atoms. The zero-order valence-corrected chi connectivity index (χ0v) is 13.7. The third kappa shape index (κ3) is 4.50. The summed E-state index contributed by atoms with van der Waals surface area (Å²) in [5.74, 6) is -0.689. The molecular formula is C15H23NO5S. The van der Waals surface area contributed by atoms with E-state index in [1.807, 2.05) is 44.2 Å². The monoisotopic (exact) mass is 329 g/mol. The Bertz CT molecular complexity index is 571.